The molecule has 6 N–H and O–H groups in total. The molecule has 7 atom stereocenters. The zero-order valence-corrected chi connectivity index (χ0v) is 12.2. The summed E-state index contributed by atoms with van der Waals surface area (Å²) in [6, 6.07) is -1.21. The van der Waals surface area contributed by atoms with E-state index in [1.807, 2.05) is 0 Å². The minimum atomic E-state index is -1.42. The summed E-state index contributed by atoms with van der Waals surface area (Å²) in [6.07, 6.45) is -7.96. The first kappa shape index (κ1) is 18.7. The van der Waals surface area contributed by atoms with E-state index in [1.165, 1.54) is 13.8 Å². The Morgan fingerprint density at radius 3 is 2.41 bits per heavy atom. The number of carbonyl (C=O) groups excluding carboxylic acids is 1. The Morgan fingerprint density at radius 1 is 1.36 bits per heavy atom. The van der Waals surface area contributed by atoms with Crippen LogP contribution in [0.4, 0.5) is 0 Å². The molecular formula is C12H21NO9. The highest BCUT2D eigenvalue weighted by Crippen LogP contribution is 2.24. The van der Waals surface area contributed by atoms with Gasteiger partial charge in [0.25, 0.3) is 0 Å². The molecule has 1 rings (SSSR count). The average Bonchev–Trinajstić information content (AvgIpc) is 2.45. The first-order valence-corrected chi connectivity index (χ1v) is 6.65. The summed E-state index contributed by atoms with van der Waals surface area (Å²) < 4.78 is 15.1. The Balaban J connectivity index is 2.88. The molecule has 128 valence electrons. The number of carboxylic acids is 1. The topological polar surface area (TPSA) is 169 Å². The van der Waals surface area contributed by atoms with Crippen LogP contribution in [0.5, 0.6) is 0 Å². The van der Waals surface area contributed by atoms with Crippen LogP contribution in [0.3, 0.4) is 0 Å². The molecule has 0 saturated carbocycles. The second-order valence-corrected chi connectivity index (χ2v) is 4.99. The molecule has 1 heterocycles. The summed E-state index contributed by atoms with van der Waals surface area (Å²) in [4.78, 5) is 22.2. The highest BCUT2D eigenvalue weighted by molar-refractivity contribution is 5.74. The predicted molar refractivity (Wildman–Crippen MR) is 69.5 cm³/mol. The van der Waals surface area contributed by atoms with E-state index in [0.29, 0.717) is 0 Å². The minimum absolute atomic E-state index is 0.627. The maximum absolute atomic E-state index is 11.4. The van der Waals surface area contributed by atoms with Crippen molar-refractivity contribution in [1.82, 2.24) is 0 Å². The highest BCUT2D eigenvalue weighted by atomic mass is 16.7. The summed E-state index contributed by atoms with van der Waals surface area (Å²) >= 11 is 0. The number of aliphatic hydroxyl groups excluding tert-OH is 3. The van der Waals surface area contributed by atoms with Crippen molar-refractivity contribution in [3.05, 3.63) is 0 Å². The average molecular weight is 323 g/mol. The van der Waals surface area contributed by atoms with E-state index in [9.17, 15) is 19.8 Å². The molecule has 2 unspecified atom stereocenters. The quantitative estimate of drug-likeness (QED) is 0.321. The molecule has 10 nitrogen and oxygen atoms in total. The van der Waals surface area contributed by atoms with Crippen LogP contribution in [0.2, 0.25) is 0 Å². The van der Waals surface area contributed by atoms with Gasteiger partial charge in [-0.25, -0.2) is 9.59 Å². The van der Waals surface area contributed by atoms with Crippen molar-refractivity contribution in [3.63, 3.8) is 0 Å². The van der Waals surface area contributed by atoms with Crippen molar-refractivity contribution in [1.29, 1.82) is 0 Å². The smallest absolute Gasteiger partial charge is 0.337 e. The number of esters is 1. The molecule has 1 aliphatic heterocycles. The fourth-order valence-electron chi connectivity index (χ4n) is 1.87. The first-order valence-electron chi connectivity index (χ1n) is 6.65. The van der Waals surface area contributed by atoms with Crippen molar-refractivity contribution < 1.29 is 44.2 Å². The molecule has 0 radical (unpaired) electrons. The Hall–Kier alpha value is -1.30. The molecule has 10 heteroatoms. The van der Waals surface area contributed by atoms with Crippen LogP contribution in [-0.4, -0.2) is 81.8 Å². The van der Waals surface area contributed by atoms with Gasteiger partial charge in [-0.15, -0.1) is 0 Å². The number of ether oxygens (including phenoxy) is 3. The molecule has 1 saturated heterocycles. The monoisotopic (exact) mass is 323 g/mol. The number of hydrogen-bond donors (Lipinski definition) is 5. The van der Waals surface area contributed by atoms with Gasteiger partial charge in [0.2, 0.25) is 6.29 Å². The normalized spacial score (nSPS) is 34.7. The molecule has 1 fully saturated rings. The second-order valence-electron chi connectivity index (χ2n) is 4.99. The summed E-state index contributed by atoms with van der Waals surface area (Å²) in [5, 5.41) is 37.2. The fourth-order valence-corrected chi connectivity index (χ4v) is 1.87. The number of aliphatic carboxylic acids is 1. The maximum Gasteiger partial charge on any atom is 0.337 e. The molecule has 0 aromatic rings. The van der Waals surface area contributed by atoms with Gasteiger partial charge < -0.3 is 40.4 Å². The SMILES string of the molecule is CC(O)C(=O)OC1O[C@H](CO)[C@@H](O)[C@H](O[C@H](C)C(=O)O)[C@H]1N. The standard InChI is InChI=1S/C12H21NO9/c1-4(15)11(19)22-12-7(13)9(20-5(2)10(17)18)8(16)6(3-14)21-12/h4-9,12,14-16H,3,13H2,1-2H3,(H,17,18)/t4?,5-,6-,7-,8-,9-,12?/m1/s1. The lowest BCUT2D eigenvalue weighted by Gasteiger charge is -2.42. The van der Waals surface area contributed by atoms with Crippen molar-refractivity contribution in [3.8, 4) is 0 Å². The molecular weight excluding hydrogens is 302 g/mol. The Bertz CT molecular complexity index is 402. The van der Waals surface area contributed by atoms with Crippen molar-refractivity contribution in [2.24, 2.45) is 5.73 Å². The number of rotatable bonds is 6. The van der Waals surface area contributed by atoms with E-state index in [0.717, 1.165) is 0 Å². The molecule has 22 heavy (non-hydrogen) atoms. The summed E-state index contributed by atoms with van der Waals surface area (Å²) in [5.74, 6) is -2.29. The largest absolute Gasteiger partial charge is 0.479 e. The Kier molecular flexibility index (Phi) is 6.66. The van der Waals surface area contributed by atoms with Crippen LogP contribution in [0.15, 0.2) is 0 Å². The minimum Gasteiger partial charge on any atom is -0.479 e. The first-order chi connectivity index (χ1) is 10.2. The third kappa shape index (κ3) is 4.35. The molecule has 0 amide bonds. The van der Waals surface area contributed by atoms with Gasteiger partial charge in [0, 0.05) is 0 Å². The van der Waals surface area contributed by atoms with E-state index in [2.05, 4.69) is 0 Å². The van der Waals surface area contributed by atoms with Gasteiger partial charge in [0.1, 0.15) is 24.4 Å². The van der Waals surface area contributed by atoms with Gasteiger partial charge in [-0.1, -0.05) is 0 Å². The van der Waals surface area contributed by atoms with Crippen molar-refractivity contribution >= 4 is 11.9 Å². The maximum atomic E-state index is 11.4. The highest BCUT2D eigenvalue weighted by Gasteiger charge is 2.47. The molecule has 0 aliphatic carbocycles. The van der Waals surface area contributed by atoms with Crippen LogP contribution < -0.4 is 5.73 Å². The van der Waals surface area contributed by atoms with Crippen LogP contribution in [0.1, 0.15) is 13.8 Å². The number of aliphatic hydroxyl groups is 3. The zero-order chi connectivity index (χ0) is 17.0. The van der Waals surface area contributed by atoms with Gasteiger partial charge in [0.15, 0.2) is 6.10 Å². The van der Waals surface area contributed by atoms with Gasteiger partial charge >= 0.3 is 11.9 Å². The Morgan fingerprint density at radius 2 is 1.95 bits per heavy atom. The van der Waals surface area contributed by atoms with Gasteiger partial charge in [-0.2, -0.15) is 0 Å². The molecule has 1 aliphatic rings. The number of carboxylic acid groups (broad SMARTS) is 1. The van der Waals surface area contributed by atoms with Gasteiger partial charge in [-0.05, 0) is 13.8 Å². The van der Waals surface area contributed by atoms with Crippen molar-refractivity contribution in [2.45, 2.75) is 56.7 Å². The summed E-state index contributed by atoms with van der Waals surface area (Å²) in [6.45, 7) is 1.79. The fraction of sp³-hybridized carbons (Fsp3) is 0.833. The zero-order valence-electron chi connectivity index (χ0n) is 12.2. The second kappa shape index (κ2) is 7.81. The lowest BCUT2D eigenvalue weighted by molar-refractivity contribution is -0.272. The van der Waals surface area contributed by atoms with E-state index in [-0.39, 0.29) is 0 Å². The van der Waals surface area contributed by atoms with Crippen LogP contribution >= 0.6 is 0 Å². The molecule has 0 aromatic heterocycles. The lowest BCUT2D eigenvalue weighted by Crippen LogP contribution is -2.64. The third-order valence-electron chi connectivity index (χ3n) is 3.18. The van der Waals surface area contributed by atoms with Crippen LogP contribution in [-0.2, 0) is 23.8 Å². The van der Waals surface area contributed by atoms with Crippen LogP contribution in [0, 0.1) is 0 Å². The van der Waals surface area contributed by atoms with E-state index in [1.54, 1.807) is 0 Å². The Labute approximate surface area is 126 Å². The van der Waals surface area contributed by atoms with Crippen molar-refractivity contribution in [2.75, 3.05) is 6.61 Å². The lowest BCUT2D eigenvalue weighted by atomic mass is 9.97. The third-order valence-corrected chi connectivity index (χ3v) is 3.18. The molecule has 0 spiro atoms. The summed E-state index contributed by atoms with van der Waals surface area (Å²) in [5.41, 5.74) is 5.78. The number of hydrogen-bond acceptors (Lipinski definition) is 9. The van der Waals surface area contributed by atoms with Gasteiger partial charge in [-0.3, -0.25) is 0 Å². The van der Waals surface area contributed by atoms with E-state index < -0.39 is 61.4 Å². The number of carbonyl (C=O) groups is 2. The number of nitrogens with two attached hydrogens (primary N) is 1. The molecule has 0 aromatic carbocycles. The van der Waals surface area contributed by atoms with Crippen LogP contribution in [0.25, 0.3) is 0 Å². The van der Waals surface area contributed by atoms with E-state index >= 15 is 0 Å². The van der Waals surface area contributed by atoms with E-state index in [4.69, 9.17) is 30.2 Å². The van der Waals surface area contributed by atoms with Gasteiger partial charge in [0.05, 0.1) is 12.6 Å². The summed E-state index contributed by atoms with van der Waals surface area (Å²) in [7, 11) is 0. The predicted octanol–water partition coefficient (Wildman–Crippen LogP) is -2.83. The molecule has 0 bridgehead atoms.